The molecule has 2 aromatic carbocycles. The van der Waals surface area contributed by atoms with Gasteiger partial charge in [0.25, 0.3) is 6.47 Å². The van der Waals surface area contributed by atoms with E-state index >= 15 is 0 Å². The Morgan fingerprint density at radius 3 is 1.71 bits per heavy atom. The summed E-state index contributed by atoms with van der Waals surface area (Å²) in [6.07, 6.45) is 3.03. The third-order valence-corrected chi connectivity index (χ3v) is 6.27. The van der Waals surface area contributed by atoms with Crippen LogP contribution in [0.25, 0.3) is 0 Å². The number of carbonyl (C=O) groups excluding carboxylic acids is 2. The summed E-state index contributed by atoms with van der Waals surface area (Å²) in [5.74, 6) is 1.43. The first-order chi connectivity index (χ1) is 22.1. The molecule has 12 heteroatoms. The lowest BCUT2D eigenvalue weighted by Gasteiger charge is -2.23. The van der Waals surface area contributed by atoms with Crippen LogP contribution in [0.1, 0.15) is 22.3 Å². The molecule has 0 spiro atoms. The van der Waals surface area contributed by atoms with Gasteiger partial charge in [0.15, 0.2) is 0 Å². The topological polar surface area (TPSA) is 124 Å². The molecule has 0 unspecified atom stereocenters. The summed E-state index contributed by atoms with van der Waals surface area (Å²) in [6, 6.07) is 17.1. The van der Waals surface area contributed by atoms with E-state index in [1.165, 1.54) is 0 Å². The Morgan fingerprint density at radius 2 is 1.18 bits per heavy atom. The number of benzene rings is 2. The van der Waals surface area contributed by atoms with E-state index in [-0.39, 0.29) is 19.8 Å². The second-order valence-electron chi connectivity index (χ2n) is 9.67. The first-order valence-electron chi connectivity index (χ1n) is 14.6. The lowest BCUT2D eigenvalue weighted by atomic mass is 10.1. The summed E-state index contributed by atoms with van der Waals surface area (Å²) in [5.41, 5.74) is 3.67. The van der Waals surface area contributed by atoms with Crippen LogP contribution in [0.2, 0.25) is 0 Å². The molecule has 0 saturated heterocycles. The molecule has 1 amide bonds. The number of nitrogens with zero attached hydrogens (tertiary/aromatic N) is 2. The van der Waals surface area contributed by atoms with Gasteiger partial charge in [-0.2, -0.15) is 0 Å². The predicted octanol–water partition coefficient (Wildman–Crippen LogP) is 4.18. The minimum atomic E-state index is -0.450. The Hall–Kier alpha value is -4.23. The zero-order valence-electron chi connectivity index (χ0n) is 25.9. The first-order valence-corrected chi connectivity index (χ1v) is 14.6. The SMILES string of the molecule is COc1cccc(CN(Cc2cccc(OC)c2)C(=O)OCCOCCOCc2cncc(COCCOCCOC=O)c2)c1. The van der Waals surface area contributed by atoms with Gasteiger partial charge >= 0.3 is 6.09 Å². The Morgan fingerprint density at radius 1 is 0.667 bits per heavy atom. The van der Waals surface area contributed by atoms with Gasteiger partial charge < -0.3 is 37.9 Å². The van der Waals surface area contributed by atoms with Crippen LogP contribution in [0.15, 0.2) is 67.0 Å². The quantitative estimate of drug-likeness (QED) is 0.111. The van der Waals surface area contributed by atoms with Crippen LogP contribution in [-0.4, -0.2) is 89.5 Å². The fourth-order valence-electron chi connectivity index (χ4n) is 4.12. The molecule has 3 aromatic rings. The highest BCUT2D eigenvalue weighted by molar-refractivity contribution is 5.67. The van der Waals surface area contributed by atoms with Crippen molar-refractivity contribution in [2.45, 2.75) is 26.3 Å². The number of ether oxygens (including phenoxy) is 8. The second kappa shape index (κ2) is 21.5. The number of aromatic nitrogens is 1. The maximum absolute atomic E-state index is 13.1. The van der Waals surface area contributed by atoms with Crippen molar-refractivity contribution < 1.29 is 47.5 Å². The summed E-state index contributed by atoms with van der Waals surface area (Å²) >= 11 is 0. The molecule has 3 rings (SSSR count). The van der Waals surface area contributed by atoms with E-state index in [9.17, 15) is 9.59 Å². The van der Waals surface area contributed by atoms with Crippen LogP contribution in [0, 0.1) is 0 Å². The molecule has 0 bridgehead atoms. The van der Waals surface area contributed by atoms with Gasteiger partial charge in [-0.15, -0.1) is 0 Å². The molecule has 0 aliphatic rings. The molecule has 12 nitrogen and oxygen atoms in total. The molecule has 1 aromatic heterocycles. The maximum atomic E-state index is 13.1. The van der Waals surface area contributed by atoms with Gasteiger partial charge in [-0.05, 0) is 52.6 Å². The van der Waals surface area contributed by atoms with Crippen molar-refractivity contribution >= 4 is 12.6 Å². The summed E-state index contributed by atoms with van der Waals surface area (Å²) < 4.78 is 42.9. The third-order valence-electron chi connectivity index (χ3n) is 6.27. The van der Waals surface area contributed by atoms with Gasteiger partial charge in [0.05, 0.1) is 67.1 Å². The van der Waals surface area contributed by atoms with Crippen LogP contribution < -0.4 is 9.47 Å². The van der Waals surface area contributed by atoms with Gasteiger partial charge in [0.2, 0.25) is 0 Å². The number of hydrogen-bond acceptors (Lipinski definition) is 11. The van der Waals surface area contributed by atoms with E-state index in [0.717, 1.165) is 22.3 Å². The lowest BCUT2D eigenvalue weighted by Crippen LogP contribution is -2.31. The zero-order valence-corrected chi connectivity index (χ0v) is 25.9. The molecule has 0 radical (unpaired) electrons. The number of pyridine rings is 1. The fraction of sp³-hybridized carbons (Fsp3) is 0.424. The minimum absolute atomic E-state index is 0.106. The standard InChI is InChI=1S/C33H42N2O10/c1-38-31-7-3-5-27(18-31)22-35(23-28-6-4-8-32(19-28)39-2)33(37)45-16-15-41-10-13-43-25-30-17-29(20-34-21-30)24-42-12-9-40-11-14-44-26-36/h3-8,17-21,26H,9-16,22-25H2,1-2H3. The van der Waals surface area contributed by atoms with Crippen molar-refractivity contribution in [3.8, 4) is 11.5 Å². The van der Waals surface area contributed by atoms with Crippen LogP contribution in [0.4, 0.5) is 4.79 Å². The Labute approximate surface area is 264 Å². The van der Waals surface area contributed by atoms with E-state index < -0.39 is 6.09 Å². The Bertz CT molecular complexity index is 1230. The summed E-state index contributed by atoms with van der Waals surface area (Å²) in [7, 11) is 3.22. The van der Waals surface area contributed by atoms with Crippen molar-refractivity contribution in [2.24, 2.45) is 0 Å². The van der Waals surface area contributed by atoms with Gasteiger partial charge in [0.1, 0.15) is 24.7 Å². The van der Waals surface area contributed by atoms with Crippen molar-refractivity contribution in [2.75, 3.05) is 67.1 Å². The molecular formula is C33H42N2O10. The fourth-order valence-corrected chi connectivity index (χ4v) is 4.12. The number of methoxy groups -OCH3 is 2. The highest BCUT2D eigenvalue weighted by atomic mass is 16.6. The molecule has 0 saturated carbocycles. The highest BCUT2D eigenvalue weighted by Crippen LogP contribution is 2.19. The predicted molar refractivity (Wildman–Crippen MR) is 164 cm³/mol. The monoisotopic (exact) mass is 626 g/mol. The number of hydrogen-bond donors (Lipinski definition) is 0. The van der Waals surface area contributed by atoms with Crippen LogP contribution >= 0.6 is 0 Å². The summed E-state index contributed by atoms with van der Waals surface area (Å²) in [4.78, 5) is 29.0. The van der Waals surface area contributed by atoms with Crippen molar-refractivity contribution in [3.05, 3.63) is 89.2 Å². The first kappa shape index (κ1) is 35.3. The third kappa shape index (κ3) is 14.4. The van der Waals surface area contributed by atoms with E-state index in [4.69, 9.17) is 33.2 Å². The van der Waals surface area contributed by atoms with Crippen LogP contribution in [0.5, 0.6) is 11.5 Å². The van der Waals surface area contributed by atoms with E-state index in [2.05, 4.69) is 9.72 Å². The summed E-state index contributed by atoms with van der Waals surface area (Å²) in [5, 5.41) is 0. The molecule has 0 fully saturated rings. The highest BCUT2D eigenvalue weighted by Gasteiger charge is 2.17. The normalized spacial score (nSPS) is 10.7. The van der Waals surface area contributed by atoms with Crippen molar-refractivity contribution in [1.29, 1.82) is 0 Å². The molecule has 0 aliphatic heterocycles. The average molecular weight is 627 g/mol. The van der Waals surface area contributed by atoms with Crippen LogP contribution in [0.3, 0.4) is 0 Å². The maximum Gasteiger partial charge on any atom is 0.410 e. The van der Waals surface area contributed by atoms with Gasteiger partial charge in [0, 0.05) is 25.5 Å². The lowest BCUT2D eigenvalue weighted by molar-refractivity contribution is -0.130. The van der Waals surface area contributed by atoms with Gasteiger partial charge in [-0.1, -0.05) is 24.3 Å². The second-order valence-corrected chi connectivity index (χ2v) is 9.67. The molecule has 45 heavy (non-hydrogen) atoms. The van der Waals surface area contributed by atoms with Crippen molar-refractivity contribution in [3.63, 3.8) is 0 Å². The van der Waals surface area contributed by atoms with Gasteiger partial charge in [-0.25, -0.2) is 4.79 Å². The van der Waals surface area contributed by atoms with Crippen molar-refractivity contribution in [1.82, 2.24) is 9.88 Å². The number of amides is 1. The summed E-state index contributed by atoms with van der Waals surface area (Å²) in [6.45, 7) is 4.30. The minimum Gasteiger partial charge on any atom is -0.497 e. The molecule has 1 heterocycles. The Balaban J connectivity index is 1.33. The number of rotatable bonds is 23. The zero-order chi connectivity index (χ0) is 32.0. The molecule has 0 aliphatic carbocycles. The van der Waals surface area contributed by atoms with Gasteiger partial charge in [-0.3, -0.25) is 14.7 Å². The number of carbonyl (C=O) groups is 2. The Kier molecular flexibility index (Phi) is 16.8. The molecular weight excluding hydrogens is 584 g/mol. The van der Waals surface area contributed by atoms with E-state index in [1.807, 2.05) is 54.6 Å². The largest absolute Gasteiger partial charge is 0.497 e. The molecule has 244 valence electrons. The smallest absolute Gasteiger partial charge is 0.410 e. The molecule has 0 atom stereocenters. The van der Waals surface area contributed by atoms with Crippen LogP contribution in [-0.2, 0) is 59.5 Å². The average Bonchev–Trinajstić information content (AvgIpc) is 3.07. The van der Waals surface area contributed by atoms with E-state index in [1.54, 1.807) is 31.5 Å². The molecule has 0 N–H and O–H groups in total. The van der Waals surface area contributed by atoms with E-state index in [0.29, 0.717) is 77.3 Å².